The molecular formula is C17H23NO5. The normalized spacial score (nSPS) is 20.6. The SMILES string of the molecule is CC(C)(C)OC(=O)N1[C@@H](CO)C[C@@H]1COC(=O)c1ccccc1. The first-order chi connectivity index (χ1) is 10.8. The third-order valence-electron chi connectivity index (χ3n) is 3.56. The van der Waals surface area contributed by atoms with Crippen molar-refractivity contribution in [1.82, 2.24) is 4.90 Å². The third kappa shape index (κ3) is 4.45. The molecule has 1 aromatic carbocycles. The van der Waals surface area contributed by atoms with Crippen LogP contribution in [0.4, 0.5) is 4.79 Å². The van der Waals surface area contributed by atoms with E-state index < -0.39 is 17.7 Å². The molecule has 0 saturated carbocycles. The molecule has 0 unspecified atom stereocenters. The van der Waals surface area contributed by atoms with Crippen molar-refractivity contribution in [2.75, 3.05) is 13.2 Å². The second-order valence-electron chi connectivity index (χ2n) is 6.58. The van der Waals surface area contributed by atoms with E-state index in [4.69, 9.17) is 9.47 Å². The van der Waals surface area contributed by atoms with Crippen LogP contribution in [-0.4, -0.2) is 53.0 Å². The zero-order valence-corrected chi connectivity index (χ0v) is 13.7. The molecule has 0 spiro atoms. The first-order valence-corrected chi connectivity index (χ1v) is 7.66. The fourth-order valence-corrected chi connectivity index (χ4v) is 2.45. The first-order valence-electron chi connectivity index (χ1n) is 7.66. The van der Waals surface area contributed by atoms with Crippen LogP contribution < -0.4 is 0 Å². The molecule has 23 heavy (non-hydrogen) atoms. The Kier molecular flexibility index (Phi) is 5.26. The quantitative estimate of drug-likeness (QED) is 0.861. The van der Waals surface area contributed by atoms with Gasteiger partial charge >= 0.3 is 12.1 Å². The van der Waals surface area contributed by atoms with Crippen molar-refractivity contribution in [1.29, 1.82) is 0 Å². The molecule has 6 nitrogen and oxygen atoms in total. The number of aliphatic hydroxyl groups is 1. The summed E-state index contributed by atoms with van der Waals surface area (Å²) in [7, 11) is 0. The Balaban J connectivity index is 1.92. The van der Waals surface area contributed by atoms with Gasteiger partial charge in [-0.25, -0.2) is 9.59 Å². The molecule has 0 aromatic heterocycles. The molecule has 2 atom stereocenters. The number of aliphatic hydroxyl groups excluding tert-OH is 1. The van der Waals surface area contributed by atoms with E-state index in [0.717, 1.165) is 0 Å². The van der Waals surface area contributed by atoms with Gasteiger partial charge in [0.05, 0.1) is 24.3 Å². The van der Waals surface area contributed by atoms with Crippen LogP contribution in [0.3, 0.4) is 0 Å². The van der Waals surface area contributed by atoms with Gasteiger partial charge in [-0.1, -0.05) is 18.2 Å². The summed E-state index contributed by atoms with van der Waals surface area (Å²) in [6, 6.07) is 8.12. The van der Waals surface area contributed by atoms with E-state index in [-0.39, 0.29) is 25.3 Å². The Morgan fingerprint density at radius 1 is 1.22 bits per heavy atom. The number of carbonyl (C=O) groups is 2. The second-order valence-corrected chi connectivity index (χ2v) is 6.58. The largest absolute Gasteiger partial charge is 0.460 e. The lowest BCUT2D eigenvalue weighted by Gasteiger charge is -2.47. The van der Waals surface area contributed by atoms with Gasteiger partial charge in [0.1, 0.15) is 12.2 Å². The molecular weight excluding hydrogens is 298 g/mol. The third-order valence-corrected chi connectivity index (χ3v) is 3.56. The van der Waals surface area contributed by atoms with Crippen LogP contribution >= 0.6 is 0 Å². The summed E-state index contributed by atoms with van der Waals surface area (Å²) in [5.41, 5.74) is -0.146. The lowest BCUT2D eigenvalue weighted by atomic mass is 9.94. The number of benzene rings is 1. The van der Waals surface area contributed by atoms with Crippen molar-refractivity contribution in [3.63, 3.8) is 0 Å². The predicted molar refractivity (Wildman–Crippen MR) is 84.1 cm³/mol. The Bertz CT molecular complexity index is 552. The number of esters is 1. The van der Waals surface area contributed by atoms with E-state index in [1.807, 2.05) is 6.07 Å². The Hall–Kier alpha value is -2.08. The number of nitrogens with zero attached hydrogens (tertiary/aromatic N) is 1. The van der Waals surface area contributed by atoms with Gasteiger partial charge in [-0.15, -0.1) is 0 Å². The van der Waals surface area contributed by atoms with E-state index in [2.05, 4.69) is 0 Å². The number of rotatable bonds is 4. The standard InChI is InChI=1S/C17H23NO5/c1-17(2,3)23-16(21)18-13(10-19)9-14(18)11-22-15(20)12-7-5-4-6-8-12/h4-8,13-14,19H,9-11H2,1-3H3/t13-,14-/m1/s1. The van der Waals surface area contributed by atoms with Crippen molar-refractivity contribution >= 4 is 12.1 Å². The fraction of sp³-hybridized carbons (Fsp3) is 0.529. The molecule has 1 N–H and O–H groups in total. The molecule has 1 aliphatic rings. The van der Waals surface area contributed by atoms with Crippen molar-refractivity contribution in [3.05, 3.63) is 35.9 Å². The van der Waals surface area contributed by atoms with Gasteiger partial charge in [0.2, 0.25) is 0 Å². The first kappa shape index (κ1) is 17.3. The fourth-order valence-electron chi connectivity index (χ4n) is 2.45. The van der Waals surface area contributed by atoms with Crippen LogP contribution in [0.15, 0.2) is 30.3 Å². The summed E-state index contributed by atoms with van der Waals surface area (Å²) in [6.07, 6.45) is 0.0845. The van der Waals surface area contributed by atoms with Crippen LogP contribution in [0.25, 0.3) is 0 Å². The van der Waals surface area contributed by atoms with Crippen LogP contribution in [0, 0.1) is 0 Å². The van der Waals surface area contributed by atoms with E-state index in [1.54, 1.807) is 45.0 Å². The molecule has 1 amide bonds. The Labute approximate surface area is 136 Å². The van der Waals surface area contributed by atoms with Gasteiger partial charge < -0.3 is 14.6 Å². The van der Waals surface area contributed by atoms with Crippen molar-refractivity contribution in [3.8, 4) is 0 Å². The minimum Gasteiger partial charge on any atom is -0.460 e. The molecule has 0 radical (unpaired) electrons. The van der Waals surface area contributed by atoms with E-state index in [0.29, 0.717) is 12.0 Å². The lowest BCUT2D eigenvalue weighted by molar-refractivity contribution is -0.0623. The minimum absolute atomic E-state index is 0.0868. The number of hydrogen-bond donors (Lipinski definition) is 1. The molecule has 0 aliphatic carbocycles. The number of hydrogen-bond acceptors (Lipinski definition) is 5. The van der Waals surface area contributed by atoms with Gasteiger partial charge in [-0.2, -0.15) is 0 Å². The highest BCUT2D eigenvalue weighted by molar-refractivity contribution is 5.89. The highest BCUT2D eigenvalue weighted by Gasteiger charge is 2.44. The average molecular weight is 321 g/mol. The molecule has 126 valence electrons. The van der Waals surface area contributed by atoms with E-state index in [1.165, 1.54) is 4.90 Å². The summed E-state index contributed by atoms with van der Waals surface area (Å²) in [6.45, 7) is 5.29. The van der Waals surface area contributed by atoms with E-state index >= 15 is 0 Å². The van der Waals surface area contributed by atoms with Gasteiger partial charge in [-0.05, 0) is 39.3 Å². The highest BCUT2D eigenvalue weighted by atomic mass is 16.6. The van der Waals surface area contributed by atoms with Crippen molar-refractivity contribution in [2.45, 2.75) is 44.9 Å². The Morgan fingerprint density at radius 2 is 1.87 bits per heavy atom. The van der Waals surface area contributed by atoms with Crippen molar-refractivity contribution < 1.29 is 24.2 Å². The highest BCUT2D eigenvalue weighted by Crippen LogP contribution is 2.28. The molecule has 6 heteroatoms. The Morgan fingerprint density at radius 3 is 2.43 bits per heavy atom. The maximum absolute atomic E-state index is 12.2. The van der Waals surface area contributed by atoms with Gasteiger partial charge in [0, 0.05) is 0 Å². The number of likely N-dealkylation sites (tertiary alicyclic amines) is 1. The summed E-state index contributed by atoms with van der Waals surface area (Å²) in [5, 5.41) is 9.32. The van der Waals surface area contributed by atoms with Crippen LogP contribution in [0.1, 0.15) is 37.6 Å². The maximum atomic E-state index is 12.2. The van der Waals surface area contributed by atoms with Gasteiger partial charge in [-0.3, -0.25) is 4.90 Å². The molecule has 1 saturated heterocycles. The van der Waals surface area contributed by atoms with Crippen LogP contribution in [-0.2, 0) is 9.47 Å². The molecule has 1 aliphatic heterocycles. The molecule has 1 aromatic rings. The summed E-state index contributed by atoms with van der Waals surface area (Å²) >= 11 is 0. The van der Waals surface area contributed by atoms with Crippen LogP contribution in [0.5, 0.6) is 0 Å². The second kappa shape index (κ2) is 7.00. The molecule has 0 bridgehead atoms. The predicted octanol–water partition coefficient (Wildman–Crippen LogP) is 2.21. The van der Waals surface area contributed by atoms with Gasteiger partial charge in [0.25, 0.3) is 0 Å². The summed E-state index contributed by atoms with van der Waals surface area (Å²) in [4.78, 5) is 25.6. The van der Waals surface area contributed by atoms with Crippen molar-refractivity contribution in [2.24, 2.45) is 0 Å². The zero-order valence-electron chi connectivity index (χ0n) is 13.7. The minimum atomic E-state index is -0.613. The molecule has 1 fully saturated rings. The topological polar surface area (TPSA) is 76.1 Å². The molecule has 2 rings (SSSR count). The lowest BCUT2D eigenvalue weighted by Crippen LogP contribution is -2.62. The monoisotopic (exact) mass is 321 g/mol. The number of ether oxygens (including phenoxy) is 2. The maximum Gasteiger partial charge on any atom is 0.410 e. The summed E-state index contributed by atoms with van der Waals surface area (Å²) in [5.74, 6) is -0.429. The average Bonchev–Trinajstić information content (AvgIpc) is 2.45. The smallest absolute Gasteiger partial charge is 0.410 e. The molecule has 1 heterocycles. The number of amides is 1. The number of carbonyl (C=O) groups excluding carboxylic acids is 2. The van der Waals surface area contributed by atoms with Crippen LogP contribution in [0.2, 0.25) is 0 Å². The van der Waals surface area contributed by atoms with Gasteiger partial charge in [0.15, 0.2) is 0 Å². The van der Waals surface area contributed by atoms with E-state index in [9.17, 15) is 14.7 Å². The summed E-state index contributed by atoms with van der Waals surface area (Å²) < 4.78 is 10.6. The zero-order chi connectivity index (χ0) is 17.0.